The normalized spacial score (nSPS) is 15.0. The number of carbonyl (C=O) groups excluding carboxylic acids is 5. The molecule has 0 aromatic heterocycles. The van der Waals surface area contributed by atoms with Crippen molar-refractivity contribution in [3.05, 3.63) is 66.2 Å². The highest BCUT2D eigenvalue weighted by molar-refractivity contribution is 6.38. The number of anilines is 1. The molecule has 2 aromatic rings. The molecular formula is C35H42N2O11. The van der Waals surface area contributed by atoms with Crippen LogP contribution in [0.2, 0.25) is 0 Å². The van der Waals surface area contributed by atoms with Gasteiger partial charge in [0, 0.05) is 18.3 Å². The minimum absolute atomic E-state index is 0.161. The van der Waals surface area contributed by atoms with Crippen LogP contribution in [0, 0.1) is 5.41 Å². The third kappa shape index (κ3) is 10.1. The van der Waals surface area contributed by atoms with E-state index in [2.05, 4.69) is 11.9 Å². The summed E-state index contributed by atoms with van der Waals surface area (Å²) in [5.41, 5.74) is 0.339. The van der Waals surface area contributed by atoms with E-state index in [1.54, 1.807) is 30.3 Å². The Morgan fingerprint density at radius 3 is 2.44 bits per heavy atom. The average Bonchev–Trinajstić information content (AvgIpc) is 3.07. The van der Waals surface area contributed by atoms with Gasteiger partial charge in [-0.15, -0.1) is 0 Å². The second-order valence-corrected chi connectivity index (χ2v) is 11.9. The summed E-state index contributed by atoms with van der Waals surface area (Å²) < 4.78 is 21.8. The molecule has 0 spiro atoms. The maximum atomic E-state index is 13.8. The second kappa shape index (κ2) is 17.1. The lowest BCUT2D eigenvalue weighted by Crippen LogP contribution is -2.53. The molecule has 13 heteroatoms. The number of methoxy groups -OCH3 is 2. The number of amides is 2. The van der Waals surface area contributed by atoms with Crippen molar-refractivity contribution in [2.24, 2.45) is 5.41 Å². The van der Waals surface area contributed by atoms with Crippen LogP contribution in [0.1, 0.15) is 63.2 Å². The Balaban J connectivity index is 1.87. The molecule has 2 aromatic carbocycles. The van der Waals surface area contributed by atoms with Crippen molar-refractivity contribution in [2.75, 3.05) is 32.7 Å². The van der Waals surface area contributed by atoms with Gasteiger partial charge < -0.3 is 34.3 Å². The largest absolute Gasteiger partial charge is 0.493 e. The van der Waals surface area contributed by atoms with E-state index in [9.17, 15) is 28.8 Å². The van der Waals surface area contributed by atoms with E-state index in [0.29, 0.717) is 42.0 Å². The van der Waals surface area contributed by atoms with Gasteiger partial charge in [0.25, 0.3) is 5.91 Å². The first-order valence-electron chi connectivity index (χ1n) is 15.5. The van der Waals surface area contributed by atoms with Crippen LogP contribution in [0.25, 0.3) is 0 Å². The van der Waals surface area contributed by atoms with E-state index in [4.69, 9.17) is 24.1 Å². The van der Waals surface area contributed by atoms with Crippen molar-refractivity contribution in [3.8, 4) is 11.5 Å². The number of nitrogens with zero attached hydrogens (tertiary/aromatic N) is 1. The fourth-order valence-corrected chi connectivity index (χ4v) is 5.22. The van der Waals surface area contributed by atoms with Crippen molar-refractivity contribution in [2.45, 2.75) is 64.5 Å². The molecule has 1 saturated heterocycles. The molecule has 3 rings (SSSR count). The van der Waals surface area contributed by atoms with Crippen molar-refractivity contribution < 1.29 is 52.8 Å². The molecule has 1 heterocycles. The maximum Gasteiger partial charge on any atom is 0.330 e. The summed E-state index contributed by atoms with van der Waals surface area (Å²) in [5, 5.41) is 11.5. The standard InChI is InChI=1S/C35H42N2O11/c1-6-31(41)47-21-35(2,3)32(42)33(43)37-17-8-7-12-25(37)34(44)48-26(15-13-22-14-16-27(45-4)28(18-22)46-5)23-10-9-11-24(19-23)36-29(38)20-30(39)40/h6,9-11,14,16,18-19,25-26H,1,7-8,12-13,15,17,20-21H2,2-5H3,(H,36,38)(H,39,40)/t25-,26+/m0/s1. The molecule has 0 radical (unpaired) electrons. The van der Waals surface area contributed by atoms with Crippen molar-refractivity contribution >= 4 is 41.2 Å². The van der Waals surface area contributed by atoms with Crippen LogP contribution >= 0.6 is 0 Å². The number of likely N-dealkylation sites (tertiary alicyclic amines) is 1. The van der Waals surface area contributed by atoms with Crippen LogP contribution in [-0.2, 0) is 44.7 Å². The van der Waals surface area contributed by atoms with Gasteiger partial charge in [0.2, 0.25) is 11.7 Å². The highest BCUT2D eigenvalue weighted by atomic mass is 16.5. The molecule has 1 aliphatic rings. The molecule has 1 fully saturated rings. The molecule has 258 valence electrons. The molecule has 0 bridgehead atoms. The van der Waals surface area contributed by atoms with Crippen molar-refractivity contribution in [1.29, 1.82) is 0 Å². The Labute approximate surface area is 279 Å². The van der Waals surface area contributed by atoms with Gasteiger partial charge >= 0.3 is 17.9 Å². The van der Waals surface area contributed by atoms with Crippen LogP contribution in [0.15, 0.2) is 55.1 Å². The Kier molecular flexibility index (Phi) is 13.3. The predicted molar refractivity (Wildman–Crippen MR) is 173 cm³/mol. The number of piperidine rings is 1. The van der Waals surface area contributed by atoms with Crippen LogP contribution < -0.4 is 14.8 Å². The minimum Gasteiger partial charge on any atom is -0.493 e. The molecule has 0 saturated carbocycles. The van der Waals surface area contributed by atoms with Crippen LogP contribution in [0.3, 0.4) is 0 Å². The quantitative estimate of drug-likeness (QED) is 0.115. The Morgan fingerprint density at radius 1 is 1.04 bits per heavy atom. The van der Waals surface area contributed by atoms with Gasteiger partial charge in [-0.25, -0.2) is 9.59 Å². The third-order valence-corrected chi connectivity index (χ3v) is 7.84. The van der Waals surface area contributed by atoms with Gasteiger partial charge in [0.05, 0.1) is 19.6 Å². The fraction of sp³-hybridized carbons (Fsp3) is 0.429. The van der Waals surface area contributed by atoms with Gasteiger partial charge in [0.1, 0.15) is 25.2 Å². The summed E-state index contributed by atoms with van der Waals surface area (Å²) >= 11 is 0. The Hall–Kier alpha value is -5.20. The predicted octanol–water partition coefficient (Wildman–Crippen LogP) is 4.04. The summed E-state index contributed by atoms with van der Waals surface area (Å²) in [6, 6.07) is 10.9. The topological polar surface area (TPSA) is 175 Å². The maximum absolute atomic E-state index is 13.8. The van der Waals surface area contributed by atoms with Crippen molar-refractivity contribution in [1.82, 2.24) is 4.90 Å². The van der Waals surface area contributed by atoms with E-state index < -0.39 is 59.5 Å². The first kappa shape index (κ1) is 37.3. The number of carbonyl (C=O) groups is 6. The average molecular weight is 667 g/mol. The number of nitrogens with one attached hydrogen (secondary N) is 1. The van der Waals surface area contributed by atoms with Gasteiger partial charge in [-0.05, 0) is 81.3 Å². The number of ketones is 1. The number of esters is 2. The van der Waals surface area contributed by atoms with Gasteiger partial charge in [-0.2, -0.15) is 0 Å². The SMILES string of the molecule is C=CC(=O)OCC(C)(C)C(=O)C(=O)N1CCCC[C@H]1C(=O)O[C@H](CCc1ccc(OC)c(OC)c1)c1cccc(NC(=O)CC(=O)O)c1. The summed E-state index contributed by atoms with van der Waals surface area (Å²) in [4.78, 5) is 76.5. The zero-order chi connectivity index (χ0) is 35.4. The van der Waals surface area contributed by atoms with Crippen LogP contribution in [-0.4, -0.2) is 78.9 Å². The van der Waals surface area contributed by atoms with E-state index in [1.165, 1.54) is 33.0 Å². The number of aryl methyl sites for hydroxylation is 1. The molecule has 48 heavy (non-hydrogen) atoms. The molecule has 1 aliphatic heterocycles. The lowest BCUT2D eigenvalue weighted by Gasteiger charge is -2.36. The van der Waals surface area contributed by atoms with E-state index in [-0.39, 0.29) is 26.0 Å². The summed E-state index contributed by atoms with van der Waals surface area (Å²) in [5.74, 6) is -4.05. The molecule has 13 nitrogen and oxygen atoms in total. The van der Waals surface area contributed by atoms with Crippen LogP contribution in [0.4, 0.5) is 5.69 Å². The van der Waals surface area contributed by atoms with E-state index in [0.717, 1.165) is 11.6 Å². The highest BCUT2D eigenvalue weighted by Gasteiger charge is 2.42. The third-order valence-electron chi connectivity index (χ3n) is 7.84. The summed E-state index contributed by atoms with van der Waals surface area (Å²) in [7, 11) is 3.05. The zero-order valence-electron chi connectivity index (χ0n) is 27.6. The number of rotatable bonds is 16. The Bertz CT molecular complexity index is 1530. The van der Waals surface area contributed by atoms with Crippen LogP contribution in [0.5, 0.6) is 11.5 Å². The number of carboxylic acid groups (broad SMARTS) is 1. The molecule has 2 atom stereocenters. The van der Waals surface area contributed by atoms with E-state index in [1.807, 2.05) is 12.1 Å². The van der Waals surface area contributed by atoms with E-state index >= 15 is 0 Å². The summed E-state index contributed by atoms with van der Waals surface area (Å²) in [6.07, 6.45) is 1.57. The molecule has 0 aliphatic carbocycles. The van der Waals surface area contributed by atoms with Crippen molar-refractivity contribution in [3.63, 3.8) is 0 Å². The second-order valence-electron chi connectivity index (χ2n) is 11.9. The molecule has 2 N–H and O–H groups in total. The van der Waals surface area contributed by atoms with Gasteiger partial charge in [0.15, 0.2) is 11.5 Å². The van der Waals surface area contributed by atoms with Gasteiger partial charge in [-0.3, -0.25) is 19.2 Å². The number of hydrogen-bond donors (Lipinski definition) is 2. The Morgan fingerprint density at radius 2 is 1.77 bits per heavy atom. The first-order valence-corrected chi connectivity index (χ1v) is 15.5. The highest BCUT2D eigenvalue weighted by Crippen LogP contribution is 2.32. The minimum atomic E-state index is -1.35. The monoisotopic (exact) mass is 666 g/mol. The summed E-state index contributed by atoms with van der Waals surface area (Å²) in [6.45, 7) is 6.10. The number of Topliss-reactive ketones (excluding diaryl/α,β-unsaturated/α-hetero) is 1. The zero-order valence-corrected chi connectivity index (χ0v) is 27.6. The number of carboxylic acids is 1. The molecular weight excluding hydrogens is 624 g/mol. The first-order chi connectivity index (χ1) is 22.8. The molecule has 2 amide bonds. The smallest absolute Gasteiger partial charge is 0.330 e. The van der Waals surface area contributed by atoms with Gasteiger partial charge in [-0.1, -0.05) is 24.8 Å². The lowest BCUT2D eigenvalue weighted by atomic mass is 9.87. The molecule has 0 unspecified atom stereocenters. The lowest BCUT2D eigenvalue weighted by molar-refractivity contribution is -0.165. The number of ether oxygens (including phenoxy) is 4. The number of benzene rings is 2. The number of aliphatic carboxylic acids is 1. The number of hydrogen-bond acceptors (Lipinski definition) is 10. The fourth-order valence-electron chi connectivity index (χ4n) is 5.22.